The molecule has 1 fully saturated rings. The molecule has 1 heterocycles. The van der Waals surface area contributed by atoms with Gasteiger partial charge in [-0.3, -0.25) is 14.9 Å². The van der Waals surface area contributed by atoms with Crippen LogP contribution in [0.4, 0.5) is 10.5 Å². The highest BCUT2D eigenvalue weighted by Crippen LogP contribution is 2.51. The van der Waals surface area contributed by atoms with E-state index in [1.807, 2.05) is 91.0 Å². The van der Waals surface area contributed by atoms with Gasteiger partial charge in [-0.2, -0.15) is 5.26 Å². The van der Waals surface area contributed by atoms with Crippen molar-refractivity contribution in [1.82, 2.24) is 5.32 Å². The third-order valence-electron chi connectivity index (χ3n) is 7.32. The Labute approximate surface area is 237 Å². The van der Waals surface area contributed by atoms with Gasteiger partial charge in [-0.1, -0.05) is 109 Å². The average molecular weight is 534 g/mol. The Morgan fingerprint density at radius 2 is 1.10 bits per heavy atom. The lowest BCUT2D eigenvalue weighted by molar-refractivity contribution is -0.122. The summed E-state index contributed by atoms with van der Waals surface area (Å²) in [7, 11) is 0. The van der Waals surface area contributed by atoms with E-state index in [4.69, 9.17) is 0 Å². The number of nitrogens with one attached hydrogen (secondary N) is 1. The fourth-order valence-corrected chi connectivity index (χ4v) is 5.46. The second-order valence-corrected chi connectivity index (χ2v) is 9.64. The van der Waals surface area contributed by atoms with Gasteiger partial charge in [0.05, 0.1) is 11.8 Å². The number of hydrogen-bond donors (Lipinski definition) is 1. The molecule has 0 saturated carbocycles. The number of nitrogens with zero attached hydrogens (tertiary/aromatic N) is 2. The number of barbiturate groups is 1. The summed E-state index contributed by atoms with van der Waals surface area (Å²) >= 11 is 0. The summed E-state index contributed by atoms with van der Waals surface area (Å²) < 4.78 is 0. The topological polar surface area (TPSA) is 90.3 Å². The van der Waals surface area contributed by atoms with E-state index in [9.17, 15) is 19.6 Å². The van der Waals surface area contributed by atoms with Gasteiger partial charge in [0.15, 0.2) is 0 Å². The predicted molar refractivity (Wildman–Crippen MR) is 157 cm³/mol. The smallest absolute Gasteiger partial charge is 0.273 e. The third kappa shape index (κ3) is 4.26. The van der Waals surface area contributed by atoms with Crippen LogP contribution >= 0.6 is 0 Å². The van der Waals surface area contributed by atoms with Crippen LogP contribution < -0.4 is 10.2 Å². The first-order chi connectivity index (χ1) is 20.0. The van der Waals surface area contributed by atoms with E-state index in [1.165, 1.54) is 0 Å². The Balaban J connectivity index is 1.68. The van der Waals surface area contributed by atoms with Crippen LogP contribution in [0.5, 0.6) is 0 Å². The van der Waals surface area contributed by atoms with Crippen LogP contribution in [0.15, 0.2) is 145 Å². The predicted octanol–water partition coefficient (Wildman–Crippen LogP) is 6.21. The van der Waals surface area contributed by atoms with E-state index < -0.39 is 23.3 Å². The van der Waals surface area contributed by atoms with Gasteiger partial charge >= 0.3 is 6.03 Å². The Hall–Kier alpha value is -5.80. The number of carbonyl (C=O) groups is 3. The standard InChI is InChI=1S/C35H23N3O3/c36-23-35(27-17-9-3-10-18-27)29(24-13-5-1-6-14-24)21-26(22-30(35)25-15-7-2-8-16-25)31-32(39)37-34(41)38(33(31)40)28-19-11-4-12-20-28/h1-22H,(H,37,39,41). The summed E-state index contributed by atoms with van der Waals surface area (Å²) in [4.78, 5) is 41.0. The summed E-state index contributed by atoms with van der Waals surface area (Å²) in [5.41, 5.74) is 2.68. The van der Waals surface area contributed by atoms with Crippen molar-refractivity contribution >= 4 is 34.7 Å². The zero-order chi connectivity index (χ0) is 28.4. The molecule has 1 aliphatic carbocycles. The normalized spacial score (nSPS) is 18.8. The van der Waals surface area contributed by atoms with E-state index >= 15 is 0 Å². The minimum Gasteiger partial charge on any atom is -0.273 e. The van der Waals surface area contributed by atoms with Crippen LogP contribution in [0.3, 0.4) is 0 Å². The van der Waals surface area contributed by atoms with E-state index in [0.717, 1.165) is 21.6 Å². The van der Waals surface area contributed by atoms with Crippen molar-refractivity contribution in [3.63, 3.8) is 0 Å². The summed E-state index contributed by atoms with van der Waals surface area (Å²) in [5, 5.41) is 13.4. The van der Waals surface area contributed by atoms with Crippen molar-refractivity contribution < 1.29 is 14.4 Å². The number of hydrogen-bond acceptors (Lipinski definition) is 4. The number of allylic oxidation sites excluding steroid dienone is 5. The van der Waals surface area contributed by atoms with Crippen LogP contribution in [0, 0.1) is 11.3 Å². The molecule has 0 atom stereocenters. The molecule has 4 aromatic rings. The summed E-state index contributed by atoms with van der Waals surface area (Å²) in [6, 6.07) is 38.6. The molecule has 4 aromatic carbocycles. The van der Waals surface area contributed by atoms with Crippen LogP contribution in [-0.4, -0.2) is 17.8 Å². The number of carbonyl (C=O) groups excluding carboxylic acids is 3. The van der Waals surface area contributed by atoms with Gasteiger partial charge in [0.25, 0.3) is 11.8 Å². The molecule has 0 bridgehead atoms. The number of nitriles is 1. The lowest BCUT2D eigenvalue weighted by Crippen LogP contribution is -2.55. The van der Waals surface area contributed by atoms with Gasteiger partial charge in [0.1, 0.15) is 11.0 Å². The van der Waals surface area contributed by atoms with Crippen molar-refractivity contribution in [2.24, 2.45) is 0 Å². The first-order valence-electron chi connectivity index (χ1n) is 13.1. The third-order valence-corrected chi connectivity index (χ3v) is 7.32. The number of benzene rings is 4. The van der Waals surface area contributed by atoms with Gasteiger partial charge < -0.3 is 0 Å². The molecule has 196 valence electrons. The number of para-hydroxylation sites is 1. The monoisotopic (exact) mass is 533 g/mol. The van der Waals surface area contributed by atoms with Crippen molar-refractivity contribution in [2.45, 2.75) is 5.41 Å². The Bertz CT molecular complexity index is 1740. The maximum Gasteiger partial charge on any atom is 0.335 e. The molecule has 0 radical (unpaired) electrons. The molecule has 1 N–H and O–H groups in total. The molecule has 0 aromatic heterocycles. The molecular weight excluding hydrogens is 510 g/mol. The molecule has 6 rings (SSSR count). The molecule has 4 amide bonds. The lowest BCUT2D eigenvalue weighted by atomic mass is 9.62. The summed E-state index contributed by atoms with van der Waals surface area (Å²) in [6.45, 7) is 0. The average Bonchev–Trinajstić information content (AvgIpc) is 3.02. The van der Waals surface area contributed by atoms with Gasteiger partial charge in [-0.25, -0.2) is 9.69 Å². The SMILES string of the molecule is N#CC1(c2ccccc2)C(c2ccccc2)=CC(=C2C(=O)NC(=O)N(c3ccccc3)C2=O)C=C1c1ccccc1. The first-order valence-corrected chi connectivity index (χ1v) is 13.1. The first kappa shape index (κ1) is 25.5. The number of rotatable bonds is 4. The zero-order valence-corrected chi connectivity index (χ0v) is 21.8. The largest absolute Gasteiger partial charge is 0.335 e. The second-order valence-electron chi connectivity index (χ2n) is 9.64. The highest BCUT2D eigenvalue weighted by atomic mass is 16.2. The van der Waals surface area contributed by atoms with Gasteiger partial charge in [0, 0.05) is 0 Å². The molecule has 1 aliphatic heterocycles. The summed E-state index contributed by atoms with van der Waals surface area (Å²) in [5.74, 6) is -1.53. The van der Waals surface area contributed by atoms with Crippen molar-refractivity contribution in [1.29, 1.82) is 5.26 Å². The van der Waals surface area contributed by atoms with Gasteiger partial charge in [-0.15, -0.1) is 0 Å². The quantitative estimate of drug-likeness (QED) is 0.250. The van der Waals surface area contributed by atoms with Gasteiger partial charge in [-0.05, 0) is 57.7 Å². The number of amides is 4. The Kier molecular flexibility index (Phi) is 6.46. The Morgan fingerprint density at radius 1 is 0.634 bits per heavy atom. The Morgan fingerprint density at radius 3 is 1.59 bits per heavy atom. The minimum atomic E-state index is -1.27. The zero-order valence-electron chi connectivity index (χ0n) is 21.8. The maximum absolute atomic E-state index is 13.9. The molecule has 41 heavy (non-hydrogen) atoms. The molecule has 0 spiro atoms. The highest BCUT2D eigenvalue weighted by molar-refractivity contribution is 6.38. The van der Waals surface area contributed by atoms with Crippen molar-refractivity contribution in [3.05, 3.63) is 161 Å². The van der Waals surface area contributed by atoms with Crippen LogP contribution in [0.25, 0.3) is 11.1 Å². The van der Waals surface area contributed by atoms with Crippen LogP contribution in [0.2, 0.25) is 0 Å². The van der Waals surface area contributed by atoms with E-state index in [-0.39, 0.29) is 5.57 Å². The molecular formula is C35H23N3O3. The number of imide groups is 2. The summed E-state index contributed by atoms with van der Waals surface area (Å²) in [6.07, 6.45) is 3.45. The highest BCUT2D eigenvalue weighted by Gasteiger charge is 2.46. The maximum atomic E-state index is 13.9. The minimum absolute atomic E-state index is 0.185. The lowest BCUT2D eigenvalue weighted by Gasteiger charge is -2.37. The van der Waals surface area contributed by atoms with E-state index in [1.54, 1.807) is 42.5 Å². The fourth-order valence-electron chi connectivity index (χ4n) is 5.46. The van der Waals surface area contributed by atoms with E-state index in [2.05, 4.69) is 11.4 Å². The number of urea groups is 1. The van der Waals surface area contributed by atoms with Crippen molar-refractivity contribution in [3.8, 4) is 6.07 Å². The number of anilines is 1. The molecule has 1 saturated heterocycles. The molecule has 2 aliphatic rings. The molecule has 6 heteroatoms. The van der Waals surface area contributed by atoms with Crippen LogP contribution in [0.1, 0.15) is 16.7 Å². The molecule has 0 unspecified atom stereocenters. The van der Waals surface area contributed by atoms with Crippen LogP contribution in [-0.2, 0) is 15.0 Å². The molecule has 6 nitrogen and oxygen atoms in total. The van der Waals surface area contributed by atoms with Crippen molar-refractivity contribution in [2.75, 3.05) is 4.90 Å². The fraction of sp³-hybridized carbons (Fsp3) is 0.0286. The van der Waals surface area contributed by atoms with E-state index in [0.29, 0.717) is 22.4 Å². The second kappa shape index (κ2) is 10.4. The van der Waals surface area contributed by atoms with Gasteiger partial charge in [0.2, 0.25) is 0 Å².